The van der Waals surface area contributed by atoms with Crippen molar-refractivity contribution in [2.75, 3.05) is 0 Å². The molecule has 1 aromatic carbocycles. The van der Waals surface area contributed by atoms with Crippen LogP contribution in [0.25, 0.3) is 11.0 Å². The van der Waals surface area contributed by atoms with Crippen LogP contribution in [0, 0.1) is 0 Å². The SMILES string of the molecule is O=C(NC1CCc2cncn2C1)c1cc(=O)c2cc(Cl)ccc2o1. The van der Waals surface area contributed by atoms with Crippen LogP contribution >= 0.6 is 11.6 Å². The van der Waals surface area contributed by atoms with Gasteiger partial charge in [-0.2, -0.15) is 0 Å². The molecule has 0 fully saturated rings. The molecule has 0 radical (unpaired) electrons. The Morgan fingerprint density at radius 1 is 1.38 bits per heavy atom. The van der Waals surface area contributed by atoms with Gasteiger partial charge in [0.2, 0.25) is 0 Å². The number of hydrogen-bond donors (Lipinski definition) is 1. The van der Waals surface area contributed by atoms with Gasteiger partial charge in [-0.1, -0.05) is 11.6 Å². The highest BCUT2D eigenvalue weighted by Gasteiger charge is 2.22. The molecule has 1 amide bonds. The molecule has 1 aliphatic rings. The number of carbonyl (C=O) groups excluding carboxylic acids is 1. The second-order valence-corrected chi connectivity index (χ2v) is 6.30. The Morgan fingerprint density at radius 3 is 3.12 bits per heavy atom. The number of carbonyl (C=O) groups is 1. The zero-order chi connectivity index (χ0) is 16.7. The van der Waals surface area contributed by atoms with Gasteiger partial charge in [0.1, 0.15) is 5.58 Å². The van der Waals surface area contributed by atoms with Crippen molar-refractivity contribution in [2.24, 2.45) is 0 Å². The van der Waals surface area contributed by atoms with E-state index in [-0.39, 0.29) is 17.2 Å². The smallest absolute Gasteiger partial charge is 0.287 e. The van der Waals surface area contributed by atoms with Crippen molar-refractivity contribution in [3.63, 3.8) is 0 Å². The van der Waals surface area contributed by atoms with Gasteiger partial charge in [-0.05, 0) is 31.0 Å². The molecule has 1 unspecified atom stereocenters. The highest BCUT2D eigenvalue weighted by molar-refractivity contribution is 6.31. The molecule has 3 aromatic rings. The first-order valence-corrected chi connectivity index (χ1v) is 8.01. The zero-order valence-electron chi connectivity index (χ0n) is 12.7. The number of hydrogen-bond acceptors (Lipinski definition) is 4. The van der Waals surface area contributed by atoms with Gasteiger partial charge in [0.15, 0.2) is 11.2 Å². The van der Waals surface area contributed by atoms with Crippen LogP contribution < -0.4 is 10.7 Å². The van der Waals surface area contributed by atoms with Crippen molar-refractivity contribution < 1.29 is 9.21 Å². The predicted octanol–water partition coefficient (Wildman–Crippen LogP) is 2.39. The summed E-state index contributed by atoms with van der Waals surface area (Å²) in [6.45, 7) is 0.661. The molecule has 3 heterocycles. The molecule has 7 heteroatoms. The van der Waals surface area contributed by atoms with Gasteiger partial charge in [-0.15, -0.1) is 0 Å². The van der Waals surface area contributed by atoms with E-state index in [1.165, 1.54) is 12.1 Å². The first kappa shape index (κ1) is 15.0. The molecule has 1 aliphatic heterocycles. The summed E-state index contributed by atoms with van der Waals surface area (Å²) in [6.07, 6.45) is 5.27. The van der Waals surface area contributed by atoms with E-state index >= 15 is 0 Å². The fourth-order valence-corrected chi connectivity index (χ4v) is 3.16. The van der Waals surface area contributed by atoms with Crippen molar-refractivity contribution in [2.45, 2.75) is 25.4 Å². The number of nitrogens with one attached hydrogen (secondary N) is 1. The molecule has 1 N–H and O–H groups in total. The number of fused-ring (bicyclic) bond motifs is 2. The molecule has 1 atom stereocenters. The van der Waals surface area contributed by atoms with E-state index in [0.717, 1.165) is 18.5 Å². The lowest BCUT2D eigenvalue weighted by Crippen LogP contribution is -2.40. The zero-order valence-corrected chi connectivity index (χ0v) is 13.4. The van der Waals surface area contributed by atoms with E-state index in [9.17, 15) is 9.59 Å². The number of nitrogens with zero attached hydrogens (tertiary/aromatic N) is 2. The molecular weight excluding hydrogens is 330 g/mol. The van der Waals surface area contributed by atoms with Crippen LogP contribution in [-0.2, 0) is 13.0 Å². The predicted molar refractivity (Wildman–Crippen MR) is 89.3 cm³/mol. The van der Waals surface area contributed by atoms with Gasteiger partial charge in [-0.25, -0.2) is 4.98 Å². The highest BCUT2D eigenvalue weighted by Crippen LogP contribution is 2.18. The van der Waals surface area contributed by atoms with E-state index in [1.54, 1.807) is 18.5 Å². The van der Waals surface area contributed by atoms with Crippen molar-refractivity contribution >= 4 is 28.5 Å². The minimum atomic E-state index is -0.391. The molecular formula is C17H14ClN3O3. The lowest BCUT2D eigenvalue weighted by Gasteiger charge is -2.24. The standard InChI is InChI=1S/C17H14ClN3O3/c18-10-1-4-15-13(5-10)14(22)6-16(24-15)17(23)20-11-2-3-12-7-19-9-21(12)8-11/h1,4-7,9,11H,2-3,8H2,(H,20,23). The number of aromatic nitrogens is 2. The number of benzene rings is 1. The number of imidazole rings is 1. The summed E-state index contributed by atoms with van der Waals surface area (Å²) >= 11 is 5.89. The molecule has 0 saturated heterocycles. The van der Waals surface area contributed by atoms with Crippen LogP contribution in [0.3, 0.4) is 0 Å². The lowest BCUT2D eigenvalue weighted by atomic mass is 10.1. The molecule has 122 valence electrons. The fraction of sp³-hybridized carbons (Fsp3) is 0.235. The molecule has 6 nitrogen and oxygen atoms in total. The minimum absolute atomic E-state index is 0.00579. The monoisotopic (exact) mass is 343 g/mol. The lowest BCUT2D eigenvalue weighted by molar-refractivity contribution is 0.0900. The Labute approximate surface area is 142 Å². The van der Waals surface area contributed by atoms with Crippen molar-refractivity contribution in [1.29, 1.82) is 0 Å². The third kappa shape index (κ3) is 2.69. The van der Waals surface area contributed by atoms with Crippen LogP contribution in [0.4, 0.5) is 0 Å². The van der Waals surface area contributed by atoms with E-state index < -0.39 is 5.91 Å². The van der Waals surface area contributed by atoms with E-state index in [1.807, 2.05) is 10.8 Å². The minimum Gasteiger partial charge on any atom is -0.451 e. The van der Waals surface area contributed by atoms with Crippen LogP contribution in [-0.4, -0.2) is 21.5 Å². The first-order valence-electron chi connectivity index (χ1n) is 7.63. The van der Waals surface area contributed by atoms with Crippen molar-refractivity contribution in [3.8, 4) is 0 Å². The Bertz CT molecular complexity index is 992. The van der Waals surface area contributed by atoms with Gasteiger partial charge in [0.05, 0.1) is 11.7 Å². The van der Waals surface area contributed by atoms with Gasteiger partial charge in [-0.3, -0.25) is 9.59 Å². The molecule has 24 heavy (non-hydrogen) atoms. The van der Waals surface area contributed by atoms with Crippen LogP contribution in [0.2, 0.25) is 5.02 Å². The Morgan fingerprint density at radius 2 is 2.25 bits per heavy atom. The third-order valence-corrected chi connectivity index (χ3v) is 4.45. The Balaban J connectivity index is 1.58. The summed E-state index contributed by atoms with van der Waals surface area (Å²) in [5.41, 5.74) is 1.22. The van der Waals surface area contributed by atoms with Crippen LogP contribution in [0.1, 0.15) is 22.7 Å². The summed E-state index contributed by atoms with van der Waals surface area (Å²) in [6, 6.07) is 5.93. The molecule has 0 saturated carbocycles. The van der Waals surface area contributed by atoms with E-state index in [0.29, 0.717) is 22.5 Å². The summed E-state index contributed by atoms with van der Waals surface area (Å²) in [7, 11) is 0. The normalized spacial score (nSPS) is 16.8. The first-order chi connectivity index (χ1) is 11.6. The van der Waals surface area contributed by atoms with Crippen molar-refractivity contribution in [3.05, 3.63) is 63.5 Å². The number of rotatable bonds is 2. The molecule has 0 aliphatic carbocycles. The quantitative estimate of drug-likeness (QED) is 0.775. The van der Waals surface area contributed by atoms with Crippen LogP contribution in [0.5, 0.6) is 0 Å². The van der Waals surface area contributed by atoms with Gasteiger partial charge >= 0.3 is 0 Å². The summed E-state index contributed by atoms with van der Waals surface area (Å²) in [5.74, 6) is -0.385. The number of halogens is 1. The highest BCUT2D eigenvalue weighted by atomic mass is 35.5. The average molecular weight is 344 g/mol. The summed E-state index contributed by atoms with van der Waals surface area (Å²) in [5, 5.41) is 3.73. The summed E-state index contributed by atoms with van der Waals surface area (Å²) < 4.78 is 7.59. The van der Waals surface area contributed by atoms with Gasteiger partial charge in [0, 0.05) is 35.6 Å². The maximum Gasteiger partial charge on any atom is 0.287 e. The second kappa shape index (κ2) is 5.79. The van der Waals surface area contributed by atoms with Gasteiger partial charge in [0.25, 0.3) is 5.91 Å². The fourth-order valence-electron chi connectivity index (χ4n) is 2.99. The number of aryl methyl sites for hydroxylation is 1. The van der Waals surface area contributed by atoms with Crippen LogP contribution in [0.15, 0.2) is 46.0 Å². The number of amides is 1. The van der Waals surface area contributed by atoms with E-state index in [4.69, 9.17) is 16.0 Å². The molecule has 0 spiro atoms. The van der Waals surface area contributed by atoms with Gasteiger partial charge < -0.3 is 14.3 Å². The Kier molecular flexibility index (Phi) is 3.61. The van der Waals surface area contributed by atoms with E-state index in [2.05, 4.69) is 10.3 Å². The third-order valence-electron chi connectivity index (χ3n) is 4.21. The Hall–Kier alpha value is -2.60. The second-order valence-electron chi connectivity index (χ2n) is 5.86. The maximum absolute atomic E-state index is 12.4. The molecule has 0 bridgehead atoms. The molecule has 4 rings (SSSR count). The largest absolute Gasteiger partial charge is 0.451 e. The van der Waals surface area contributed by atoms with Crippen molar-refractivity contribution in [1.82, 2.24) is 14.9 Å². The average Bonchev–Trinajstić information content (AvgIpc) is 3.03. The maximum atomic E-state index is 12.4. The topological polar surface area (TPSA) is 77.1 Å². The summed E-state index contributed by atoms with van der Waals surface area (Å²) in [4.78, 5) is 28.7. The molecule has 2 aromatic heterocycles.